The van der Waals surface area contributed by atoms with Crippen LogP contribution >= 0.6 is 0 Å². The van der Waals surface area contributed by atoms with Gasteiger partial charge in [0.05, 0.1) is 0 Å². The van der Waals surface area contributed by atoms with Crippen LogP contribution in [0.15, 0.2) is 0 Å². The fourth-order valence-corrected chi connectivity index (χ4v) is 3.21. The maximum Gasteiger partial charge on any atom is 0.410 e. The van der Waals surface area contributed by atoms with Gasteiger partial charge in [0.25, 0.3) is 5.79 Å². The van der Waals surface area contributed by atoms with Crippen molar-refractivity contribution in [3.8, 4) is 0 Å². The highest BCUT2D eigenvalue weighted by Gasteiger charge is 2.49. The number of cyclic esters (lactones) is 2. The number of ketones is 1. The molecule has 146 valence electrons. The van der Waals surface area contributed by atoms with Gasteiger partial charge in [-0.1, -0.05) is 0 Å². The maximum absolute atomic E-state index is 12.7. The molecule has 2 saturated heterocycles. The van der Waals surface area contributed by atoms with Crippen LogP contribution in [0.5, 0.6) is 0 Å². The van der Waals surface area contributed by atoms with Crippen molar-refractivity contribution in [3.63, 3.8) is 0 Å². The molecule has 26 heavy (non-hydrogen) atoms. The van der Waals surface area contributed by atoms with Gasteiger partial charge in [0.2, 0.25) is 5.92 Å². The fraction of sp³-hybridized carbons (Fsp3) is 0.778. The van der Waals surface area contributed by atoms with Gasteiger partial charge in [-0.2, -0.15) is 0 Å². The first-order valence-electron chi connectivity index (χ1n) is 8.80. The number of carbonyl (C=O) groups excluding carboxylic acids is 4. The molecule has 8 heteroatoms. The average molecular weight is 369 g/mol. The lowest BCUT2D eigenvalue weighted by atomic mass is 9.82. The topological polar surface area (TPSA) is 99.2 Å². The van der Waals surface area contributed by atoms with Crippen molar-refractivity contribution in [2.24, 2.45) is 11.8 Å². The molecular weight excluding hydrogens is 342 g/mol. The zero-order valence-corrected chi connectivity index (χ0v) is 16.2. The molecule has 0 N–H and O–H groups in total. The third kappa shape index (κ3) is 4.53. The van der Waals surface area contributed by atoms with E-state index in [4.69, 9.17) is 14.2 Å². The van der Waals surface area contributed by atoms with E-state index in [0.29, 0.717) is 19.4 Å². The summed E-state index contributed by atoms with van der Waals surface area (Å²) >= 11 is 0. The van der Waals surface area contributed by atoms with Crippen molar-refractivity contribution >= 4 is 23.8 Å². The van der Waals surface area contributed by atoms with Gasteiger partial charge in [0.15, 0.2) is 5.78 Å². The summed E-state index contributed by atoms with van der Waals surface area (Å²) in [4.78, 5) is 50.7. The summed E-state index contributed by atoms with van der Waals surface area (Å²) in [5.74, 6) is -5.69. The second-order valence-corrected chi connectivity index (χ2v) is 8.32. The van der Waals surface area contributed by atoms with Gasteiger partial charge in [0, 0.05) is 32.4 Å². The molecule has 0 aromatic carbocycles. The first-order chi connectivity index (χ1) is 11.8. The summed E-state index contributed by atoms with van der Waals surface area (Å²) in [5, 5.41) is 0. The van der Waals surface area contributed by atoms with Gasteiger partial charge in [-0.3, -0.25) is 14.4 Å². The number of carbonyl (C=O) groups is 4. The molecule has 2 aliphatic heterocycles. The zero-order chi connectivity index (χ0) is 19.9. The van der Waals surface area contributed by atoms with E-state index >= 15 is 0 Å². The Morgan fingerprint density at radius 2 is 1.69 bits per heavy atom. The molecule has 1 unspecified atom stereocenters. The number of piperidine rings is 1. The predicted molar refractivity (Wildman–Crippen MR) is 89.9 cm³/mol. The van der Waals surface area contributed by atoms with Gasteiger partial charge in [-0.05, 0) is 40.5 Å². The molecule has 2 aliphatic rings. The van der Waals surface area contributed by atoms with Gasteiger partial charge in [-0.25, -0.2) is 4.79 Å². The summed E-state index contributed by atoms with van der Waals surface area (Å²) < 4.78 is 15.4. The summed E-state index contributed by atoms with van der Waals surface area (Å²) in [6.45, 7) is 10.4. The molecule has 0 aromatic rings. The van der Waals surface area contributed by atoms with Crippen molar-refractivity contribution in [1.82, 2.24) is 4.90 Å². The zero-order valence-electron chi connectivity index (χ0n) is 16.2. The normalized spacial score (nSPS) is 26.8. The van der Waals surface area contributed by atoms with E-state index in [1.807, 2.05) is 6.92 Å². The number of likely N-dealkylation sites (tertiary alicyclic amines) is 1. The number of esters is 2. The fourth-order valence-electron chi connectivity index (χ4n) is 3.21. The average Bonchev–Trinajstić information content (AvgIpc) is 2.42. The van der Waals surface area contributed by atoms with Crippen LogP contribution in [-0.2, 0) is 28.6 Å². The van der Waals surface area contributed by atoms with E-state index in [9.17, 15) is 19.2 Å². The lowest BCUT2D eigenvalue weighted by Crippen LogP contribution is -2.53. The Bertz CT molecular complexity index is 600. The van der Waals surface area contributed by atoms with Crippen LogP contribution in [0, 0.1) is 11.8 Å². The van der Waals surface area contributed by atoms with E-state index in [2.05, 4.69) is 0 Å². The summed E-state index contributed by atoms with van der Waals surface area (Å²) in [5.41, 5.74) is -0.605. The molecule has 2 rings (SSSR count). The van der Waals surface area contributed by atoms with Crippen LogP contribution in [0.4, 0.5) is 4.79 Å². The monoisotopic (exact) mass is 369 g/mol. The highest BCUT2D eigenvalue weighted by Crippen LogP contribution is 2.31. The molecule has 0 spiro atoms. The second-order valence-electron chi connectivity index (χ2n) is 8.32. The minimum atomic E-state index is -1.55. The molecule has 2 heterocycles. The molecule has 0 radical (unpaired) electrons. The Labute approximate surface area is 153 Å². The molecule has 8 nitrogen and oxygen atoms in total. The number of hydrogen-bond donors (Lipinski definition) is 0. The molecule has 0 aromatic heterocycles. The van der Waals surface area contributed by atoms with E-state index < -0.39 is 47.0 Å². The lowest BCUT2D eigenvalue weighted by Gasteiger charge is -2.39. The van der Waals surface area contributed by atoms with Gasteiger partial charge in [-0.15, -0.1) is 0 Å². The highest BCUT2D eigenvalue weighted by molar-refractivity contribution is 6.16. The van der Waals surface area contributed by atoms with Crippen molar-refractivity contribution < 1.29 is 33.4 Å². The maximum atomic E-state index is 12.7. The Kier molecular flexibility index (Phi) is 5.35. The van der Waals surface area contributed by atoms with Crippen LogP contribution in [0.1, 0.15) is 54.4 Å². The Morgan fingerprint density at radius 1 is 1.15 bits per heavy atom. The Balaban J connectivity index is 2.02. The SMILES string of the molecule is C[C@H]1CC(C(=O)C2C(=O)OC(C)(C)OC2=O)CCN1C(=O)OC(C)(C)C. The van der Waals surface area contributed by atoms with Gasteiger partial charge < -0.3 is 19.1 Å². The predicted octanol–water partition coefficient (Wildman–Crippen LogP) is 2.04. The quantitative estimate of drug-likeness (QED) is 0.542. The Hall–Kier alpha value is -2.12. The molecule has 1 amide bonds. The van der Waals surface area contributed by atoms with Crippen LogP contribution in [0.25, 0.3) is 0 Å². The number of amides is 1. The van der Waals surface area contributed by atoms with Crippen LogP contribution < -0.4 is 0 Å². The van der Waals surface area contributed by atoms with Crippen LogP contribution in [0.2, 0.25) is 0 Å². The molecule has 0 bridgehead atoms. The van der Waals surface area contributed by atoms with E-state index in [1.54, 1.807) is 25.7 Å². The number of nitrogens with zero attached hydrogens (tertiary/aromatic N) is 1. The van der Waals surface area contributed by atoms with Crippen molar-refractivity contribution in [2.45, 2.75) is 71.8 Å². The third-order valence-corrected chi connectivity index (χ3v) is 4.36. The minimum Gasteiger partial charge on any atom is -0.444 e. The third-order valence-electron chi connectivity index (χ3n) is 4.36. The molecular formula is C18H27NO7. The first-order valence-corrected chi connectivity index (χ1v) is 8.80. The Morgan fingerprint density at radius 3 is 2.15 bits per heavy atom. The van der Waals surface area contributed by atoms with Crippen LogP contribution in [-0.4, -0.2) is 52.7 Å². The number of Topliss-reactive ketones (excluding diaryl/α,β-unsaturated/α-hetero) is 1. The summed E-state index contributed by atoms with van der Waals surface area (Å²) in [7, 11) is 0. The summed E-state index contributed by atoms with van der Waals surface area (Å²) in [6.07, 6.45) is 0.260. The number of ether oxygens (including phenoxy) is 3. The first kappa shape index (κ1) is 20.2. The lowest BCUT2D eigenvalue weighted by molar-refractivity contribution is -0.238. The van der Waals surface area contributed by atoms with Crippen molar-refractivity contribution in [1.29, 1.82) is 0 Å². The number of rotatable bonds is 2. The van der Waals surface area contributed by atoms with Crippen molar-refractivity contribution in [2.75, 3.05) is 6.54 Å². The largest absolute Gasteiger partial charge is 0.444 e. The molecule has 2 atom stereocenters. The molecule has 2 fully saturated rings. The number of hydrogen-bond acceptors (Lipinski definition) is 7. The molecule has 0 saturated carbocycles. The van der Waals surface area contributed by atoms with E-state index in [1.165, 1.54) is 13.8 Å². The summed E-state index contributed by atoms with van der Waals surface area (Å²) in [6, 6.07) is -0.250. The highest BCUT2D eigenvalue weighted by atomic mass is 16.7. The van der Waals surface area contributed by atoms with Crippen LogP contribution in [0.3, 0.4) is 0 Å². The standard InChI is InChI=1S/C18H27NO7/c1-10-9-11(7-8-19(10)16(23)26-17(2,3)4)13(20)12-14(21)24-18(5,6)25-15(12)22/h10-12H,7-9H2,1-6H3/t10-,11?/m0/s1. The smallest absolute Gasteiger partial charge is 0.410 e. The van der Waals surface area contributed by atoms with E-state index in [0.717, 1.165) is 0 Å². The second kappa shape index (κ2) is 6.89. The molecule has 0 aliphatic carbocycles. The van der Waals surface area contributed by atoms with E-state index in [-0.39, 0.29) is 6.04 Å². The van der Waals surface area contributed by atoms with Crippen molar-refractivity contribution in [3.05, 3.63) is 0 Å². The van der Waals surface area contributed by atoms with Gasteiger partial charge >= 0.3 is 18.0 Å². The minimum absolute atomic E-state index is 0.250. The van der Waals surface area contributed by atoms with Gasteiger partial charge in [0.1, 0.15) is 5.60 Å².